The molecule has 2 rings (SSSR count). The molecule has 0 saturated carbocycles. The van der Waals surface area contributed by atoms with Crippen LogP contribution in [-0.2, 0) is 11.3 Å². The van der Waals surface area contributed by atoms with Gasteiger partial charge in [0.2, 0.25) is 5.91 Å². The Kier molecular flexibility index (Phi) is 5.16. The minimum Gasteiger partial charge on any atom is -0.352 e. The molecule has 1 heterocycles. The summed E-state index contributed by atoms with van der Waals surface area (Å²) in [5, 5.41) is 6.34. The van der Waals surface area contributed by atoms with Crippen molar-refractivity contribution in [3.63, 3.8) is 0 Å². The Morgan fingerprint density at radius 1 is 1.53 bits per heavy atom. The molecule has 0 spiro atoms. The normalized spacial score (nSPS) is 18.5. The number of hydrogen-bond donors (Lipinski definition) is 2. The number of amides is 1. The highest BCUT2D eigenvalue weighted by atomic mass is 35.5. The maximum atomic E-state index is 13.5. The Balaban J connectivity index is 1.76. The molecular formula is C14H18ClFN2O. The molecule has 0 aromatic heterocycles. The average Bonchev–Trinajstić information content (AvgIpc) is 2.89. The van der Waals surface area contributed by atoms with Gasteiger partial charge in [-0.25, -0.2) is 4.39 Å². The summed E-state index contributed by atoms with van der Waals surface area (Å²) < 4.78 is 13.5. The van der Waals surface area contributed by atoms with Crippen LogP contribution in [0, 0.1) is 11.7 Å². The van der Waals surface area contributed by atoms with Gasteiger partial charge < -0.3 is 10.6 Å². The lowest BCUT2D eigenvalue weighted by Gasteiger charge is -2.10. The molecule has 1 aliphatic heterocycles. The van der Waals surface area contributed by atoms with Crippen LogP contribution in [0.4, 0.5) is 4.39 Å². The zero-order valence-electron chi connectivity index (χ0n) is 10.7. The third-order valence-corrected chi connectivity index (χ3v) is 3.82. The zero-order chi connectivity index (χ0) is 13.7. The fraction of sp³-hybridized carbons (Fsp3) is 0.500. The van der Waals surface area contributed by atoms with Crippen molar-refractivity contribution in [3.8, 4) is 0 Å². The van der Waals surface area contributed by atoms with Crippen LogP contribution in [-0.4, -0.2) is 19.0 Å². The van der Waals surface area contributed by atoms with Crippen LogP contribution < -0.4 is 10.6 Å². The molecule has 5 heteroatoms. The number of nitrogens with one attached hydrogen (secondary N) is 2. The number of carbonyl (C=O) groups excluding carboxylic acids is 1. The monoisotopic (exact) mass is 284 g/mol. The van der Waals surface area contributed by atoms with Gasteiger partial charge in [-0.15, -0.1) is 0 Å². The topological polar surface area (TPSA) is 41.1 Å². The van der Waals surface area contributed by atoms with Crippen molar-refractivity contribution in [2.45, 2.75) is 25.8 Å². The predicted octanol–water partition coefficient (Wildman–Crippen LogP) is 2.49. The smallest absolute Gasteiger partial charge is 0.220 e. The molecule has 3 nitrogen and oxygen atoms in total. The second kappa shape index (κ2) is 6.87. The van der Waals surface area contributed by atoms with Gasteiger partial charge in [0.15, 0.2) is 0 Å². The van der Waals surface area contributed by atoms with Gasteiger partial charge in [-0.3, -0.25) is 4.79 Å². The highest BCUT2D eigenvalue weighted by Crippen LogP contribution is 2.19. The molecule has 0 radical (unpaired) electrons. The molecule has 1 fully saturated rings. The second-order valence-corrected chi connectivity index (χ2v) is 5.28. The Morgan fingerprint density at radius 3 is 3.05 bits per heavy atom. The van der Waals surface area contributed by atoms with Crippen molar-refractivity contribution in [1.29, 1.82) is 0 Å². The summed E-state index contributed by atoms with van der Waals surface area (Å²) in [6.07, 6.45) is 2.49. The quantitative estimate of drug-likeness (QED) is 0.872. The minimum absolute atomic E-state index is 0.0498. The van der Waals surface area contributed by atoms with E-state index in [0.29, 0.717) is 22.9 Å². The van der Waals surface area contributed by atoms with Crippen LogP contribution in [0.25, 0.3) is 0 Å². The van der Waals surface area contributed by atoms with E-state index in [1.807, 2.05) is 0 Å². The molecule has 19 heavy (non-hydrogen) atoms. The lowest BCUT2D eigenvalue weighted by atomic mass is 10.0. The highest BCUT2D eigenvalue weighted by molar-refractivity contribution is 6.31. The van der Waals surface area contributed by atoms with Gasteiger partial charge in [0.05, 0.1) is 0 Å². The van der Waals surface area contributed by atoms with Gasteiger partial charge in [0.1, 0.15) is 5.82 Å². The predicted molar refractivity (Wildman–Crippen MR) is 73.5 cm³/mol. The average molecular weight is 285 g/mol. The number of benzene rings is 1. The molecule has 2 N–H and O–H groups in total. The van der Waals surface area contributed by atoms with Gasteiger partial charge in [0.25, 0.3) is 0 Å². The molecule has 1 atom stereocenters. The van der Waals surface area contributed by atoms with Crippen LogP contribution in [0.5, 0.6) is 0 Å². The van der Waals surface area contributed by atoms with Gasteiger partial charge in [0, 0.05) is 23.6 Å². The lowest BCUT2D eigenvalue weighted by Crippen LogP contribution is -2.24. The van der Waals surface area contributed by atoms with E-state index in [2.05, 4.69) is 10.6 Å². The van der Waals surface area contributed by atoms with E-state index in [1.54, 1.807) is 12.1 Å². The standard InChI is InChI=1S/C14H18ClFN2O/c15-12-2-1-3-13(16)11(12)9-18-14(19)5-4-10-6-7-17-8-10/h1-3,10,17H,4-9H2,(H,18,19). The van der Waals surface area contributed by atoms with Crippen LogP contribution >= 0.6 is 11.6 Å². The minimum atomic E-state index is -0.382. The van der Waals surface area contributed by atoms with E-state index in [4.69, 9.17) is 11.6 Å². The Bertz CT molecular complexity index is 427. The van der Waals surface area contributed by atoms with Crippen molar-refractivity contribution in [2.24, 2.45) is 5.92 Å². The summed E-state index contributed by atoms with van der Waals surface area (Å²) in [5.74, 6) is 0.154. The van der Waals surface area contributed by atoms with Crippen molar-refractivity contribution >= 4 is 17.5 Å². The number of carbonyl (C=O) groups is 1. The first kappa shape index (κ1) is 14.3. The Hall–Kier alpha value is -1.13. The molecule has 0 aliphatic carbocycles. The zero-order valence-corrected chi connectivity index (χ0v) is 11.5. The first-order valence-electron chi connectivity index (χ1n) is 6.57. The molecule has 1 saturated heterocycles. The van der Waals surface area contributed by atoms with Crippen LogP contribution in [0.1, 0.15) is 24.8 Å². The molecule has 1 aliphatic rings. The molecule has 1 amide bonds. The summed E-state index contributed by atoms with van der Waals surface area (Å²) in [4.78, 5) is 11.7. The van der Waals surface area contributed by atoms with Crippen LogP contribution in [0.15, 0.2) is 18.2 Å². The molecule has 1 unspecified atom stereocenters. The molecule has 1 aromatic carbocycles. The first-order valence-corrected chi connectivity index (χ1v) is 6.95. The Labute approximate surface area is 117 Å². The summed E-state index contributed by atoms with van der Waals surface area (Å²) >= 11 is 5.89. The van der Waals surface area contributed by atoms with Gasteiger partial charge >= 0.3 is 0 Å². The number of hydrogen-bond acceptors (Lipinski definition) is 2. The maximum Gasteiger partial charge on any atom is 0.220 e. The SMILES string of the molecule is O=C(CCC1CCNC1)NCc1c(F)cccc1Cl. The van der Waals surface area contributed by atoms with Gasteiger partial charge in [-0.2, -0.15) is 0 Å². The van der Waals surface area contributed by atoms with E-state index < -0.39 is 0 Å². The van der Waals surface area contributed by atoms with Crippen molar-refractivity contribution < 1.29 is 9.18 Å². The molecular weight excluding hydrogens is 267 g/mol. The third kappa shape index (κ3) is 4.18. The van der Waals surface area contributed by atoms with Gasteiger partial charge in [-0.1, -0.05) is 17.7 Å². The summed E-state index contributed by atoms with van der Waals surface area (Å²) in [7, 11) is 0. The third-order valence-electron chi connectivity index (χ3n) is 3.47. The van der Waals surface area contributed by atoms with Crippen LogP contribution in [0.3, 0.4) is 0 Å². The summed E-state index contributed by atoms with van der Waals surface area (Å²) in [5.41, 5.74) is 0.347. The van der Waals surface area contributed by atoms with Crippen molar-refractivity contribution in [3.05, 3.63) is 34.6 Å². The molecule has 0 bridgehead atoms. The number of rotatable bonds is 5. The largest absolute Gasteiger partial charge is 0.352 e. The van der Waals surface area contributed by atoms with Crippen molar-refractivity contribution in [1.82, 2.24) is 10.6 Å². The van der Waals surface area contributed by atoms with E-state index in [0.717, 1.165) is 25.9 Å². The van der Waals surface area contributed by atoms with E-state index in [9.17, 15) is 9.18 Å². The summed E-state index contributed by atoms with van der Waals surface area (Å²) in [6, 6.07) is 4.52. The van der Waals surface area contributed by atoms with Crippen LogP contribution in [0.2, 0.25) is 5.02 Å². The van der Waals surface area contributed by atoms with Gasteiger partial charge in [-0.05, 0) is 44.0 Å². The lowest BCUT2D eigenvalue weighted by molar-refractivity contribution is -0.121. The maximum absolute atomic E-state index is 13.5. The second-order valence-electron chi connectivity index (χ2n) is 4.87. The highest BCUT2D eigenvalue weighted by Gasteiger charge is 2.16. The van der Waals surface area contributed by atoms with Crippen molar-refractivity contribution in [2.75, 3.05) is 13.1 Å². The molecule has 104 valence electrons. The van der Waals surface area contributed by atoms with E-state index in [-0.39, 0.29) is 18.3 Å². The van der Waals surface area contributed by atoms with E-state index in [1.165, 1.54) is 6.07 Å². The van der Waals surface area contributed by atoms with E-state index >= 15 is 0 Å². The molecule has 1 aromatic rings. The summed E-state index contributed by atoms with van der Waals surface area (Å²) in [6.45, 7) is 2.18. The fourth-order valence-corrected chi connectivity index (χ4v) is 2.50. The Morgan fingerprint density at radius 2 is 2.37 bits per heavy atom. The number of halogens is 2. The fourth-order valence-electron chi connectivity index (χ4n) is 2.27. The first-order chi connectivity index (χ1) is 9.16.